The van der Waals surface area contributed by atoms with Gasteiger partial charge in [0.15, 0.2) is 0 Å². The molecule has 1 unspecified atom stereocenters. The second kappa shape index (κ2) is 5.33. The van der Waals surface area contributed by atoms with Crippen LogP contribution in [-0.2, 0) is 4.74 Å². The van der Waals surface area contributed by atoms with Crippen molar-refractivity contribution < 1.29 is 9.13 Å². The van der Waals surface area contributed by atoms with E-state index in [0.29, 0.717) is 30.1 Å². The standard InChI is InChI=1S/C11H13ClFN3O/c1-17-6-7(12)5-14-11-15-9-3-2-8(13)4-10(9)16-11/h2-4,7H,5-6H2,1H3,(H2,14,15,16). The lowest BCUT2D eigenvalue weighted by Crippen LogP contribution is -2.19. The minimum atomic E-state index is -0.290. The van der Waals surface area contributed by atoms with Gasteiger partial charge in [0.1, 0.15) is 5.82 Å². The number of methoxy groups -OCH3 is 1. The summed E-state index contributed by atoms with van der Waals surface area (Å²) in [4.78, 5) is 7.23. The maximum Gasteiger partial charge on any atom is 0.201 e. The van der Waals surface area contributed by atoms with Crippen molar-refractivity contribution in [3.8, 4) is 0 Å². The van der Waals surface area contributed by atoms with Gasteiger partial charge in [-0.15, -0.1) is 11.6 Å². The Hall–Kier alpha value is -1.33. The van der Waals surface area contributed by atoms with Crippen molar-refractivity contribution in [2.24, 2.45) is 0 Å². The molecule has 0 amide bonds. The highest BCUT2D eigenvalue weighted by atomic mass is 35.5. The molecule has 92 valence electrons. The zero-order valence-electron chi connectivity index (χ0n) is 9.34. The van der Waals surface area contributed by atoms with E-state index in [4.69, 9.17) is 16.3 Å². The molecule has 6 heteroatoms. The fraction of sp³-hybridized carbons (Fsp3) is 0.364. The fourth-order valence-electron chi connectivity index (χ4n) is 1.51. The van der Waals surface area contributed by atoms with Gasteiger partial charge in [0, 0.05) is 13.7 Å². The molecule has 2 N–H and O–H groups in total. The maximum absolute atomic E-state index is 13.0. The summed E-state index contributed by atoms with van der Waals surface area (Å²) in [5.41, 5.74) is 1.37. The van der Waals surface area contributed by atoms with Gasteiger partial charge in [-0.1, -0.05) is 0 Å². The Labute approximate surface area is 103 Å². The molecule has 0 aliphatic rings. The number of nitrogens with one attached hydrogen (secondary N) is 2. The molecule has 2 rings (SSSR count). The number of ether oxygens (including phenoxy) is 1. The van der Waals surface area contributed by atoms with Gasteiger partial charge in [-0.25, -0.2) is 9.37 Å². The molecule has 1 atom stereocenters. The summed E-state index contributed by atoms with van der Waals surface area (Å²) in [6.45, 7) is 0.987. The third-order valence-electron chi connectivity index (χ3n) is 2.28. The highest BCUT2D eigenvalue weighted by molar-refractivity contribution is 6.21. The number of imidazole rings is 1. The molecule has 1 heterocycles. The predicted molar refractivity (Wildman–Crippen MR) is 66.1 cm³/mol. The summed E-state index contributed by atoms with van der Waals surface area (Å²) in [5.74, 6) is 0.287. The molecule has 17 heavy (non-hydrogen) atoms. The Kier molecular flexibility index (Phi) is 3.81. The Balaban J connectivity index is 2.04. The first kappa shape index (κ1) is 12.1. The van der Waals surface area contributed by atoms with Crippen LogP contribution in [-0.4, -0.2) is 35.6 Å². The number of aromatic amines is 1. The van der Waals surface area contributed by atoms with Crippen LogP contribution in [0.3, 0.4) is 0 Å². The van der Waals surface area contributed by atoms with Gasteiger partial charge in [0.25, 0.3) is 0 Å². The molecule has 2 aromatic rings. The van der Waals surface area contributed by atoms with E-state index < -0.39 is 0 Å². The maximum atomic E-state index is 13.0. The van der Waals surface area contributed by atoms with Gasteiger partial charge < -0.3 is 15.0 Å². The third kappa shape index (κ3) is 3.08. The number of alkyl halides is 1. The second-order valence-corrected chi connectivity index (χ2v) is 4.30. The molecule has 0 aliphatic heterocycles. The van der Waals surface area contributed by atoms with Gasteiger partial charge in [0.05, 0.1) is 23.0 Å². The Morgan fingerprint density at radius 3 is 3.18 bits per heavy atom. The van der Waals surface area contributed by atoms with Crippen LogP contribution < -0.4 is 5.32 Å². The van der Waals surface area contributed by atoms with Gasteiger partial charge in [-0.3, -0.25) is 0 Å². The van der Waals surface area contributed by atoms with Crippen molar-refractivity contribution >= 4 is 28.6 Å². The Bertz CT molecular complexity index is 502. The third-order valence-corrected chi connectivity index (χ3v) is 2.56. The van der Waals surface area contributed by atoms with Crippen molar-refractivity contribution in [1.29, 1.82) is 0 Å². The largest absolute Gasteiger partial charge is 0.383 e. The van der Waals surface area contributed by atoms with Crippen molar-refractivity contribution in [1.82, 2.24) is 9.97 Å². The number of halogens is 2. The summed E-state index contributed by atoms with van der Waals surface area (Å²) in [6.07, 6.45) is 0. The van der Waals surface area contributed by atoms with E-state index in [1.807, 2.05) is 0 Å². The average molecular weight is 258 g/mol. The lowest BCUT2D eigenvalue weighted by molar-refractivity contribution is 0.200. The number of rotatable bonds is 5. The SMILES string of the molecule is COCC(Cl)CNc1nc2ccc(F)cc2[nH]1. The molecule has 0 radical (unpaired) electrons. The molecule has 0 saturated carbocycles. The summed E-state index contributed by atoms with van der Waals surface area (Å²) < 4.78 is 17.9. The predicted octanol–water partition coefficient (Wildman–Crippen LogP) is 2.37. The van der Waals surface area contributed by atoms with E-state index in [1.54, 1.807) is 13.2 Å². The van der Waals surface area contributed by atoms with E-state index in [2.05, 4.69) is 15.3 Å². The van der Waals surface area contributed by atoms with Gasteiger partial charge in [-0.2, -0.15) is 0 Å². The highest BCUT2D eigenvalue weighted by Gasteiger charge is 2.06. The van der Waals surface area contributed by atoms with Crippen LogP contribution in [0.25, 0.3) is 11.0 Å². The van der Waals surface area contributed by atoms with E-state index in [-0.39, 0.29) is 11.2 Å². The number of H-pyrrole nitrogens is 1. The first-order valence-corrected chi connectivity index (χ1v) is 5.65. The van der Waals surface area contributed by atoms with Gasteiger partial charge in [0.2, 0.25) is 5.95 Å². The van der Waals surface area contributed by atoms with Crippen molar-refractivity contribution in [2.45, 2.75) is 5.38 Å². The molecule has 0 fully saturated rings. The minimum absolute atomic E-state index is 0.134. The number of anilines is 1. The van der Waals surface area contributed by atoms with E-state index in [9.17, 15) is 4.39 Å². The van der Waals surface area contributed by atoms with Gasteiger partial charge in [-0.05, 0) is 18.2 Å². The zero-order chi connectivity index (χ0) is 12.3. The van der Waals surface area contributed by atoms with Crippen LogP contribution in [0, 0.1) is 5.82 Å². The monoisotopic (exact) mass is 257 g/mol. The molecule has 1 aromatic heterocycles. The first-order chi connectivity index (χ1) is 8.19. The average Bonchev–Trinajstić information content (AvgIpc) is 2.68. The first-order valence-electron chi connectivity index (χ1n) is 5.21. The number of benzene rings is 1. The summed E-state index contributed by atoms with van der Waals surface area (Å²) in [7, 11) is 1.60. The van der Waals surface area contributed by atoms with E-state index >= 15 is 0 Å². The Morgan fingerprint density at radius 2 is 2.41 bits per heavy atom. The van der Waals surface area contributed by atoms with Crippen LogP contribution in [0.15, 0.2) is 18.2 Å². The molecular weight excluding hydrogens is 245 g/mol. The summed E-state index contributed by atoms with van der Waals surface area (Å²) >= 11 is 5.97. The summed E-state index contributed by atoms with van der Waals surface area (Å²) in [6, 6.07) is 4.41. The number of hydrogen-bond donors (Lipinski definition) is 2. The lowest BCUT2D eigenvalue weighted by atomic mass is 10.3. The number of fused-ring (bicyclic) bond motifs is 1. The molecule has 1 aromatic carbocycles. The van der Waals surface area contributed by atoms with Crippen LogP contribution in [0.4, 0.5) is 10.3 Å². The molecule has 0 aliphatic carbocycles. The lowest BCUT2D eigenvalue weighted by Gasteiger charge is -2.08. The van der Waals surface area contributed by atoms with Crippen LogP contribution >= 0.6 is 11.6 Å². The smallest absolute Gasteiger partial charge is 0.201 e. The van der Waals surface area contributed by atoms with E-state index in [1.165, 1.54) is 12.1 Å². The molecule has 4 nitrogen and oxygen atoms in total. The van der Waals surface area contributed by atoms with Crippen molar-refractivity contribution in [3.05, 3.63) is 24.0 Å². The normalized spacial score (nSPS) is 12.9. The fourth-order valence-corrected chi connectivity index (χ4v) is 1.72. The molecule has 0 saturated heterocycles. The zero-order valence-corrected chi connectivity index (χ0v) is 10.1. The summed E-state index contributed by atoms with van der Waals surface area (Å²) in [5, 5.41) is 2.90. The van der Waals surface area contributed by atoms with Crippen molar-refractivity contribution in [2.75, 3.05) is 25.6 Å². The molecule has 0 bridgehead atoms. The number of hydrogen-bond acceptors (Lipinski definition) is 3. The van der Waals surface area contributed by atoms with E-state index in [0.717, 1.165) is 0 Å². The highest BCUT2D eigenvalue weighted by Crippen LogP contribution is 2.15. The second-order valence-electron chi connectivity index (χ2n) is 3.68. The van der Waals surface area contributed by atoms with Crippen LogP contribution in [0.5, 0.6) is 0 Å². The Morgan fingerprint density at radius 1 is 1.59 bits per heavy atom. The van der Waals surface area contributed by atoms with Crippen LogP contribution in [0.1, 0.15) is 0 Å². The van der Waals surface area contributed by atoms with Crippen LogP contribution in [0.2, 0.25) is 0 Å². The quantitative estimate of drug-likeness (QED) is 0.809. The minimum Gasteiger partial charge on any atom is -0.383 e. The number of aromatic nitrogens is 2. The van der Waals surface area contributed by atoms with Crippen molar-refractivity contribution in [3.63, 3.8) is 0 Å². The van der Waals surface area contributed by atoms with Gasteiger partial charge >= 0.3 is 0 Å². The molecule has 0 spiro atoms. The molecular formula is C11H13ClFN3O. The topological polar surface area (TPSA) is 49.9 Å². The number of nitrogens with zero attached hydrogens (tertiary/aromatic N) is 1.